The molecule has 0 N–H and O–H groups in total. The fraction of sp³-hybridized carbons (Fsp3) is 0. The molecule has 2 nitrogen and oxygen atoms in total. The van der Waals surface area contributed by atoms with Crippen LogP contribution in [0.3, 0.4) is 0 Å². The molecule has 0 radical (unpaired) electrons. The third kappa shape index (κ3) is 5.88. The Labute approximate surface area is 335 Å². The molecule has 0 saturated carbocycles. The lowest BCUT2D eigenvalue weighted by atomic mass is 9.99. The van der Waals surface area contributed by atoms with E-state index in [4.69, 9.17) is 0 Å². The van der Waals surface area contributed by atoms with Crippen molar-refractivity contribution in [3.63, 3.8) is 0 Å². The van der Waals surface area contributed by atoms with E-state index in [0.717, 1.165) is 22.7 Å². The number of para-hydroxylation sites is 2. The van der Waals surface area contributed by atoms with E-state index in [-0.39, 0.29) is 0 Å². The van der Waals surface area contributed by atoms with Gasteiger partial charge < -0.3 is 9.47 Å². The summed E-state index contributed by atoms with van der Waals surface area (Å²) in [5.74, 6) is 0. The fourth-order valence-corrected chi connectivity index (χ4v) is 9.51. The predicted molar refractivity (Wildman–Crippen MR) is 245 cm³/mol. The van der Waals surface area contributed by atoms with Gasteiger partial charge in [-0.05, 0) is 124 Å². The van der Waals surface area contributed by atoms with E-state index < -0.39 is 0 Å². The van der Waals surface area contributed by atoms with Crippen LogP contribution < -0.4 is 4.90 Å². The van der Waals surface area contributed by atoms with Gasteiger partial charge in [-0.2, -0.15) is 0 Å². The van der Waals surface area contributed by atoms with Gasteiger partial charge in [-0.25, -0.2) is 0 Å². The number of benzene rings is 9. The highest BCUT2D eigenvalue weighted by molar-refractivity contribution is 7.25. The number of hydrogen-bond acceptors (Lipinski definition) is 2. The summed E-state index contributed by atoms with van der Waals surface area (Å²) in [4.78, 5) is 2.36. The summed E-state index contributed by atoms with van der Waals surface area (Å²) >= 11 is 1.86. The number of anilines is 3. The van der Waals surface area contributed by atoms with Crippen LogP contribution in [0.1, 0.15) is 0 Å². The summed E-state index contributed by atoms with van der Waals surface area (Å²) in [6.45, 7) is 0. The molecular formula is C54H36N2S. The average Bonchev–Trinajstić information content (AvgIpc) is 3.82. The van der Waals surface area contributed by atoms with Crippen LogP contribution >= 0.6 is 11.3 Å². The Kier molecular flexibility index (Phi) is 8.04. The normalized spacial score (nSPS) is 11.5. The van der Waals surface area contributed by atoms with E-state index in [2.05, 4.69) is 228 Å². The van der Waals surface area contributed by atoms with Crippen LogP contribution in [0.5, 0.6) is 0 Å². The maximum absolute atomic E-state index is 2.39. The van der Waals surface area contributed by atoms with Crippen molar-refractivity contribution in [1.82, 2.24) is 4.57 Å². The number of rotatable bonds is 7. The first-order valence-electron chi connectivity index (χ1n) is 19.4. The quantitative estimate of drug-likeness (QED) is 0.158. The highest BCUT2D eigenvalue weighted by atomic mass is 32.1. The van der Waals surface area contributed by atoms with Gasteiger partial charge in [0.2, 0.25) is 0 Å². The van der Waals surface area contributed by atoms with Gasteiger partial charge in [0.1, 0.15) is 0 Å². The summed E-state index contributed by atoms with van der Waals surface area (Å²) in [6.07, 6.45) is 0. The minimum atomic E-state index is 1.11. The monoisotopic (exact) mass is 744 g/mol. The highest BCUT2D eigenvalue weighted by Crippen LogP contribution is 2.41. The van der Waals surface area contributed by atoms with Crippen molar-refractivity contribution < 1.29 is 0 Å². The molecule has 0 amide bonds. The van der Waals surface area contributed by atoms with E-state index in [1.54, 1.807) is 0 Å². The van der Waals surface area contributed by atoms with Crippen LogP contribution in [0.4, 0.5) is 17.1 Å². The third-order valence-electron chi connectivity index (χ3n) is 11.2. The van der Waals surface area contributed by atoms with Gasteiger partial charge >= 0.3 is 0 Å². The minimum Gasteiger partial charge on any atom is -0.310 e. The van der Waals surface area contributed by atoms with Crippen molar-refractivity contribution in [1.29, 1.82) is 0 Å². The first-order chi connectivity index (χ1) is 28.2. The number of thiophene rings is 1. The molecule has 268 valence electrons. The molecule has 0 fully saturated rings. The second-order valence-corrected chi connectivity index (χ2v) is 15.7. The van der Waals surface area contributed by atoms with Crippen LogP contribution in [-0.4, -0.2) is 4.57 Å². The molecule has 11 rings (SSSR count). The Morgan fingerprint density at radius 3 is 1.49 bits per heavy atom. The first kappa shape index (κ1) is 33.2. The van der Waals surface area contributed by atoms with Gasteiger partial charge in [0.15, 0.2) is 0 Å². The summed E-state index contributed by atoms with van der Waals surface area (Å²) < 4.78 is 5.04. The molecular weight excluding hydrogens is 709 g/mol. The Balaban J connectivity index is 1.01. The molecule has 11 aromatic rings. The highest BCUT2D eigenvalue weighted by Gasteiger charge is 2.17. The van der Waals surface area contributed by atoms with Gasteiger partial charge in [0, 0.05) is 53.7 Å². The van der Waals surface area contributed by atoms with E-state index in [1.165, 1.54) is 75.4 Å². The average molecular weight is 745 g/mol. The first-order valence-corrected chi connectivity index (χ1v) is 20.2. The van der Waals surface area contributed by atoms with E-state index in [0.29, 0.717) is 0 Å². The van der Waals surface area contributed by atoms with Crippen LogP contribution in [0.15, 0.2) is 218 Å². The Hall–Kier alpha value is -7.20. The zero-order valence-electron chi connectivity index (χ0n) is 31.1. The maximum atomic E-state index is 2.39. The molecule has 3 heteroatoms. The largest absolute Gasteiger partial charge is 0.310 e. The summed E-state index contributed by atoms with van der Waals surface area (Å²) in [5.41, 5.74) is 14.1. The number of hydrogen-bond donors (Lipinski definition) is 0. The molecule has 0 aliphatic rings. The summed E-state index contributed by atoms with van der Waals surface area (Å²) in [5, 5.41) is 5.12. The molecule has 0 unspecified atom stereocenters. The summed E-state index contributed by atoms with van der Waals surface area (Å²) in [6, 6.07) is 79.4. The zero-order chi connectivity index (χ0) is 37.7. The molecule has 2 aromatic heterocycles. The van der Waals surface area contributed by atoms with Crippen LogP contribution in [0, 0.1) is 0 Å². The van der Waals surface area contributed by atoms with E-state index in [1.807, 2.05) is 11.3 Å². The molecule has 9 aromatic carbocycles. The Morgan fingerprint density at radius 2 is 0.772 bits per heavy atom. The minimum absolute atomic E-state index is 1.11. The lowest BCUT2D eigenvalue weighted by Crippen LogP contribution is -2.09. The van der Waals surface area contributed by atoms with Gasteiger partial charge in [-0.1, -0.05) is 127 Å². The van der Waals surface area contributed by atoms with Gasteiger partial charge in [0.25, 0.3) is 0 Å². The van der Waals surface area contributed by atoms with Gasteiger partial charge in [-0.3, -0.25) is 0 Å². The Morgan fingerprint density at radius 1 is 0.298 bits per heavy atom. The second-order valence-electron chi connectivity index (χ2n) is 14.6. The van der Waals surface area contributed by atoms with Crippen molar-refractivity contribution in [3.8, 4) is 39.1 Å². The van der Waals surface area contributed by atoms with Crippen molar-refractivity contribution >= 4 is 70.4 Å². The SMILES string of the molecule is c1ccc(-c2ccc3c(c2)c2cc(-c4cccc(N(c5ccccc5)c5ccc(-c6ccc7sc8ccccc8c7c6)cc5)c4)ccc2n3-c2ccccc2)cc1. The van der Waals surface area contributed by atoms with Gasteiger partial charge in [0.05, 0.1) is 11.0 Å². The summed E-state index contributed by atoms with van der Waals surface area (Å²) in [7, 11) is 0. The van der Waals surface area contributed by atoms with Crippen molar-refractivity contribution in [2.75, 3.05) is 4.90 Å². The molecule has 0 bridgehead atoms. The second kappa shape index (κ2) is 13.8. The molecule has 57 heavy (non-hydrogen) atoms. The number of fused-ring (bicyclic) bond motifs is 6. The molecule has 0 spiro atoms. The van der Waals surface area contributed by atoms with Crippen molar-refractivity contribution in [2.24, 2.45) is 0 Å². The maximum Gasteiger partial charge on any atom is 0.0541 e. The van der Waals surface area contributed by atoms with E-state index in [9.17, 15) is 0 Å². The smallest absolute Gasteiger partial charge is 0.0541 e. The fourth-order valence-electron chi connectivity index (χ4n) is 8.43. The lowest BCUT2D eigenvalue weighted by molar-refractivity contribution is 1.18. The van der Waals surface area contributed by atoms with E-state index >= 15 is 0 Å². The lowest BCUT2D eigenvalue weighted by Gasteiger charge is -2.26. The topological polar surface area (TPSA) is 8.17 Å². The number of nitrogens with zero attached hydrogens (tertiary/aromatic N) is 2. The van der Waals surface area contributed by atoms with Crippen LogP contribution in [0.2, 0.25) is 0 Å². The molecule has 0 atom stereocenters. The Bertz CT molecular complexity index is 3220. The molecule has 2 heterocycles. The molecule has 0 aliphatic carbocycles. The number of aromatic nitrogens is 1. The molecule has 0 saturated heterocycles. The van der Waals surface area contributed by atoms with Crippen molar-refractivity contribution in [2.45, 2.75) is 0 Å². The van der Waals surface area contributed by atoms with Crippen molar-refractivity contribution in [3.05, 3.63) is 218 Å². The standard InChI is InChI=1S/C54H36N2S/c1-4-13-37(14-5-1)40-25-30-51-48(34-40)49-35-42(26-31-52(49)56(51)44-18-8-3-9-19-44)39-15-12-20-46(33-39)55(43-16-6-2-7-17-43)45-28-23-38(24-29-45)41-27-32-54-50(36-41)47-21-10-11-22-53(47)57-54/h1-36H. The third-order valence-corrected chi connectivity index (χ3v) is 12.3. The van der Waals surface area contributed by atoms with Crippen LogP contribution in [0.25, 0.3) is 81.0 Å². The van der Waals surface area contributed by atoms with Gasteiger partial charge in [-0.15, -0.1) is 11.3 Å². The molecule has 0 aliphatic heterocycles. The predicted octanol–water partition coefficient (Wildman–Crippen LogP) is 15.6. The van der Waals surface area contributed by atoms with Crippen LogP contribution in [-0.2, 0) is 0 Å². The zero-order valence-corrected chi connectivity index (χ0v) is 31.9.